The largest absolute Gasteiger partial charge is 0.491 e. The SMILES string of the molecule is O=C(c1ccc(OC[C@@H]2CCCO2)cc1)N1CCN(c2ccc([N+](=O)[O-])cc2)CC1. The summed E-state index contributed by atoms with van der Waals surface area (Å²) in [5, 5.41) is 10.8. The number of rotatable bonds is 6. The van der Waals surface area contributed by atoms with E-state index in [9.17, 15) is 14.9 Å². The molecule has 0 radical (unpaired) electrons. The van der Waals surface area contributed by atoms with Gasteiger partial charge in [-0.05, 0) is 49.2 Å². The summed E-state index contributed by atoms with van der Waals surface area (Å²) in [6, 6.07) is 13.8. The number of hydrogen-bond donors (Lipinski definition) is 0. The molecule has 2 aromatic rings. The van der Waals surface area contributed by atoms with Gasteiger partial charge in [-0.2, -0.15) is 0 Å². The molecular weight excluding hydrogens is 386 g/mol. The van der Waals surface area contributed by atoms with E-state index in [1.54, 1.807) is 24.3 Å². The van der Waals surface area contributed by atoms with E-state index in [0.29, 0.717) is 38.3 Å². The topological polar surface area (TPSA) is 85.2 Å². The van der Waals surface area contributed by atoms with Gasteiger partial charge in [-0.1, -0.05) is 0 Å². The number of ether oxygens (including phenoxy) is 2. The molecule has 1 amide bonds. The zero-order valence-electron chi connectivity index (χ0n) is 16.7. The summed E-state index contributed by atoms with van der Waals surface area (Å²) >= 11 is 0. The minimum atomic E-state index is -0.404. The van der Waals surface area contributed by atoms with Crippen molar-refractivity contribution in [3.8, 4) is 5.75 Å². The van der Waals surface area contributed by atoms with Crippen LogP contribution >= 0.6 is 0 Å². The first kappa shape index (κ1) is 20.2. The van der Waals surface area contributed by atoms with Gasteiger partial charge < -0.3 is 19.3 Å². The van der Waals surface area contributed by atoms with Crippen LogP contribution in [0.4, 0.5) is 11.4 Å². The van der Waals surface area contributed by atoms with Crippen molar-refractivity contribution in [1.29, 1.82) is 0 Å². The molecule has 8 heteroatoms. The number of carbonyl (C=O) groups is 1. The van der Waals surface area contributed by atoms with E-state index in [0.717, 1.165) is 30.9 Å². The van der Waals surface area contributed by atoms with Gasteiger partial charge in [0, 0.05) is 56.2 Å². The van der Waals surface area contributed by atoms with Crippen LogP contribution in [-0.2, 0) is 4.74 Å². The van der Waals surface area contributed by atoms with Crippen molar-refractivity contribution < 1.29 is 19.2 Å². The van der Waals surface area contributed by atoms with E-state index in [1.165, 1.54) is 12.1 Å². The Kier molecular flexibility index (Phi) is 6.13. The number of hydrogen-bond acceptors (Lipinski definition) is 6. The van der Waals surface area contributed by atoms with E-state index >= 15 is 0 Å². The molecule has 158 valence electrons. The number of nitro benzene ring substituents is 1. The maximum Gasteiger partial charge on any atom is 0.269 e. The number of nitrogens with zero attached hydrogens (tertiary/aromatic N) is 3. The second kappa shape index (κ2) is 9.13. The monoisotopic (exact) mass is 411 g/mol. The summed E-state index contributed by atoms with van der Waals surface area (Å²) < 4.78 is 11.3. The normalized spacial score (nSPS) is 19.0. The Morgan fingerprint density at radius 2 is 1.77 bits per heavy atom. The Balaban J connectivity index is 1.28. The highest BCUT2D eigenvalue weighted by molar-refractivity contribution is 5.94. The molecule has 0 aliphatic carbocycles. The number of non-ortho nitro benzene ring substituents is 1. The van der Waals surface area contributed by atoms with Gasteiger partial charge in [0.15, 0.2) is 0 Å². The fourth-order valence-electron chi connectivity index (χ4n) is 3.79. The van der Waals surface area contributed by atoms with Crippen molar-refractivity contribution in [2.24, 2.45) is 0 Å². The molecule has 8 nitrogen and oxygen atoms in total. The molecule has 2 aliphatic rings. The van der Waals surface area contributed by atoms with Gasteiger partial charge in [-0.25, -0.2) is 0 Å². The van der Waals surface area contributed by atoms with Crippen molar-refractivity contribution in [2.75, 3.05) is 44.3 Å². The van der Waals surface area contributed by atoms with Gasteiger partial charge in [0.2, 0.25) is 0 Å². The first-order chi connectivity index (χ1) is 14.6. The second-order valence-corrected chi connectivity index (χ2v) is 7.52. The van der Waals surface area contributed by atoms with Crippen LogP contribution in [0.2, 0.25) is 0 Å². The fourth-order valence-corrected chi connectivity index (χ4v) is 3.79. The Morgan fingerprint density at radius 1 is 1.07 bits per heavy atom. The second-order valence-electron chi connectivity index (χ2n) is 7.52. The van der Waals surface area contributed by atoms with Gasteiger partial charge in [0.25, 0.3) is 11.6 Å². The zero-order chi connectivity index (χ0) is 20.9. The van der Waals surface area contributed by atoms with E-state index in [2.05, 4.69) is 4.90 Å². The van der Waals surface area contributed by atoms with Gasteiger partial charge in [-0.15, -0.1) is 0 Å². The van der Waals surface area contributed by atoms with E-state index < -0.39 is 4.92 Å². The van der Waals surface area contributed by atoms with E-state index in [-0.39, 0.29) is 17.7 Å². The molecular formula is C22H25N3O5. The molecule has 2 fully saturated rings. The number of anilines is 1. The summed E-state index contributed by atoms with van der Waals surface area (Å²) in [7, 11) is 0. The number of benzene rings is 2. The highest BCUT2D eigenvalue weighted by atomic mass is 16.6. The van der Waals surface area contributed by atoms with Crippen molar-refractivity contribution in [2.45, 2.75) is 18.9 Å². The van der Waals surface area contributed by atoms with Crippen LogP contribution in [0.1, 0.15) is 23.2 Å². The van der Waals surface area contributed by atoms with Crippen molar-refractivity contribution in [1.82, 2.24) is 4.90 Å². The third-order valence-electron chi connectivity index (χ3n) is 5.55. The Bertz CT molecular complexity index is 871. The summed E-state index contributed by atoms with van der Waals surface area (Å²) in [5.74, 6) is 0.745. The third-order valence-corrected chi connectivity index (χ3v) is 5.55. The molecule has 0 spiro atoms. The zero-order valence-corrected chi connectivity index (χ0v) is 16.7. The average Bonchev–Trinajstić information content (AvgIpc) is 3.31. The van der Waals surface area contributed by atoms with E-state index in [1.807, 2.05) is 17.0 Å². The van der Waals surface area contributed by atoms with Gasteiger partial charge in [0.05, 0.1) is 11.0 Å². The lowest BCUT2D eigenvalue weighted by Crippen LogP contribution is -2.48. The Hall–Kier alpha value is -3.13. The fraction of sp³-hybridized carbons (Fsp3) is 0.409. The lowest BCUT2D eigenvalue weighted by Gasteiger charge is -2.36. The summed E-state index contributed by atoms with van der Waals surface area (Å²) in [6.07, 6.45) is 2.28. The Morgan fingerprint density at radius 3 is 2.37 bits per heavy atom. The maximum absolute atomic E-state index is 12.8. The number of nitro groups is 1. The number of carbonyl (C=O) groups excluding carboxylic acids is 1. The number of piperazine rings is 1. The van der Waals surface area contributed by atoms with Gasteiger partial charge >= 0.3 is 0 Å². The smallest absolute Gasteiger partial charge is 0.269 e. The van der Waals surface area contributed by atoms with Crippen LogP contribution < -0.4 is 9.64 Å². The molecule has 1 atom stereocenters. The van der Waals surface area contributed by atoms with Crippen molar-refractivity contribution >= 4 is 17.3 Å². The van der Waals surface area contributed by atoms with Gasteiger partial charge in [-0.3, -0.25) is 14.9 Å². The average molecular weight is 411 g/mol. The summed E-state index contributed by atoms with van der Waals surface area (Å²) in [4.78, 5) is 27.2. The molecule has 2 aliphatic heterocycles. The summed E-state index contributed by atoms with van der Waals surface area (Å²) in [6.45, 7) is 3.93. The lowest BCUT2D eigenvalue weighted by atomic mass is 10.1. The first-order valence-corrected chi connectivity index (χ1v) is 10.2. The first-order valence-electron chi connectivity index (χ1n) is 10.2. The molecule has 2 heterocycles. The van der Waals surface area contributed by atoms with Gasteiger partial charge in [0.1, 0.15) is 12.4 Å². The molecule has 2 saturated heterocycles. The van der Waals surface area contributed by atoms with Crippen LogP contribution in [0, 0.1) is 10.1 Å². The molecule has 0 N–H and O–H groups in total. The lowest BCUT2D eigenvalue weighted by molar-refractivity contribution is -0.384. The highest BCUT2D eigenvalue weighted by Crippen LogP contribution is 2.22. The molecule has 0 saturated carbocycles. The van der Waals surface area contributed by atoms with E-state index in [4.69, 9.17) is 9.47 Å². The van der Waals surface area contributed by atoms with Crippen LogP contribution in [0.5, 0.6) is 5.75 Å². The number of amides is 1. The molecule has 0 bridgehead atoms. The third kappa shape index (κ3) is 4.71. The molecule has 0 aromatic heterocycles. The molecule has 0 unspecified atom stereocenters. The minimum Gasteiger partial charge on any atom is -0.491 e. The highest BCUT2D eigenvalue weighted by Gasteiger charge is 2.23. The van der Waals surface area contributed by atoms with Crippen molar-refractivity contribution in [3.05, 3.63) is 64.2 Å². The van der Waals surface area contributed by atoms with Crippen LogP contribution in [0.3, 0.4) is 0 Å². The standard InChI is InChI=1S/C22H25N3O5/c26-22(17-3-9-20(10-4-17)30-16-21-2-1-15-29-21)24-13-11-23(12-14-24)18-5-7-19(8-6-18)25(27)28/h3-10,21H,1-2,11-16H2/t21-/m0/s1. The quantitative estimate of drug-likeness (QED) is 0.536. The maximum atomic E-state index is 12.8. The predicted molar refractivity (Wildman–Crippen MR) is 112 cm³/mol. The molecule has 30 heavy (non-hydrogen) atoms. The van der Waals surface area contributed by atoms with Crippen LogP contribution in [0.15, 0.2) is 48.5 Å². The summed E-state index contributed by atoms with van der Waals surface area (Å²) in [5.41, 5.74) is 1.65. The minimum absolute atomic E-state index is 0.00373. The van der Waals surface area contributed by atoms with Crippen molar-refractivity contribution in [3.63, 3.8) is 0 Å². The van der Waals surface area contributed by atoms with Crippen LogP contribution in [-0.4, -0.2) is 61.2 Å². The van der Waals surface area contributed by atoms with Crippen LogP contribution in [0.25, 0.3) is 0 Å². The molecule has 2 aromatic carbocycles. The molecule has 4 rings (SSSR count). The predicted octanol–water partition coefficient (Wildman–Crippen LogP) is 3.12. The Labute approximate surface area is 175 Å².